The zero-order chi connectivity index (χ0) is 19.9. The normalized spacial score (nSPS) is 16.5. The molecule has 0 aliphatic carbocycles. The van der Waals surface area contributed by atoms with E-state index in [4.69, 9.17) is 0 Å². The van der Waals surface area contributed by atoms with Gasteiger partial charge in [0, 0.05) is 32.3 Å². The van der Waals surface area contributed by atoms with E-state index in [2.05, 4.69) is 21.3 Å². The molecule has 5 nitrogen and oxygen atoms in total. The van der Waals surface area contributed by atoms with Crippen LogP contribution >= 0.6 is 0 Å². The van der Waals surface area contributed by atoms with Gasteiger partial charge in [-0.3, -0.25) is 4.79 Å². The van der Waals surface area contributed by atoms with Crippen LogP contribution in [-0.2, 0) is 11.3 Å². The summed E-state index contributed by atoms with van der Waals surface area (Å²) in [7, 11) is 0. The zero-order valence-electron chi connectivity index (χ0n) is 15.5. The number of carbonyl (C=O) groups is 1. The van der Waals surface area contributed by atoms with Gasteiger partial charge in [-0.05, 0) is 55.0 Å². The first-order chi connectivity index (χ1) is 13.6. The maximum absolute atomic E-state index is 13.2. The lowest BCUT2D eigenvalue weighted by Gasteiger charge is -2.34. The molecule has 1 saturated heterocycles. The van der Waals surface area contributed by atoms with Crippen LogP contribution in [0, 0.1) is 28.9 Å². The molecule has 1 amide bonds. The molecular weight excluding hydrogens is 362 g/mol. The summed E-state index contributed by atoms with van der Waals surface area (Å²) in [5, 5.41) is 12.0. The van der Waals surface area contributed by atoms with E-state index in [0.29, 0.717) is 29.3 Å². The Bertz CT molecular complexity index is 881. The predicted molar refractivity (Wildman–Crippen MR) is 101 cm³/mol. The number of rotatable bonds is 6. The third-order valence-electron chi connectivity index (χ3n) is 4.98. The van der Waals surface area contributed by atoms with E-state index in [9.17, 15) is 18.8 Å². The Morgan fingerprint density at radius 2 is 2.18 bits per heavy atom. The van der Waals surface area contributed by atoms with Gasteiger partial charge in [0.25, 0.3) is 0 Å². The molecule has 7 heteroatoms. The van der Waals surface area contributed by atoms with E-state index in [0.717, 1.165) is 44.5 Å². The number of benzene rings is 1. The first-order valence-electron chi connectivity index (χ1n) is 9.37. The summed E-state index contributed by atoms with van der Waals surface area (Å²) in [6.45, 7) is 1.79. The highest BCUT2D eigenvalue weighted by Crippen LogP contribution is 2.26. The summed E-state index contributed by atoms with van der Waals surface area (Å²) in [5.74, 6) is -0.879. The quantitative estimate of drug-likeness (QED) is 0.827. The molecule has 1 N–H and O–H groups in total. The Hall–Kier alpha value is -3.01. The standard InChI is InChI=1S/C21H22F2N4O/c22-18-7-5-16(11-19(18)23)13-26-20(28)8-6-15-3-2-10-27(14-15)21-17(12-24)4-1-9-25-21/h1,4-5,7,9,11,15H,2-3,6,8,10,13-14H2,(H,26,28)/t15-/m0/s1. The van der Waals surface area contributed by atoms with Crippen LogP contribution < -0.4 is 10.2 Å². The van der Waals surface area contributed by atoms with Crippen LogP contribution in [0.25, 0.3) is 0 Å². The van der Waals surface area contributed by atoms with Crippen LogP contribution in [0.1, 0.15) is 36.8 Å². The number of nitrogens with zero attached hydrogens (tertiary/aromatic N) is 3. The Kier molecular flexibility index (Phi) is 6.53. The Balaban J connectivity index is 1.48. The molecule has 0 spiro atoms. The van der Waals surface area contributed by atoms with Gasteiger partial charge in [0.05, 0.1) is 5.56 Å². The number of halogens is 2. The van der Waals surface area contributed by atoms with Gasteiger partial charge in [-0.25, -0.2) is 13.8 Å². The first-order valence-corrected chi connectivity index (χ1v) is 9.37. The number of nitrogens with one attached hydrogen (secondary N) is 1. The molecule has 0 radical (unpaired) electrons. The fourth-order valence-corrected chi connectivity index (χ4v) is 3.50. The SMILES string of the molecule is N#Cc1cccnc1N1CCC[C@@H](CCC(=O)NCc2ccc(F)c(F)c2)C1. The molecule has 0 unspecified atom stereocenters. The molecule has 0 saturated carbocycles. The van der Waals surface area contributed by atoms with E-state index in [1.54, 1.807) is 18.3 Å². The second-order valence-corrected chi connectivity index (χ2v) is 7.00. The molecule has 1 aromatic carbocycles. The minimum Gasteiger partial charge on any atom is -0.355 e. The minimum absolute atomic E-state index is 0.114. The summed E-state index contributed by atoms with van der Waals surface area (Å²) >= 11 is 0. The average molecular weight is 384 g/mol. The molecule has 1 aliphatic rings. The highest BCUT2D eigenvalue weighted by atomic mass is 19.2. The van der Waals surface area contributed by atoms with Gasteiger partial charge in [0.15, 0.2) is 11.6 Å². The summed E-state index contributed by atoms with van der Waals surface area (Å²) in [6, 6.07) is 9.29. The van der Waals surface area contributed by atoms with Gasteiger partial charge in [-0.1, -0.05) is 6.07 Å². The maximum Gasteiger partial charge on any atom is 0.220 e. The predicted octanol–water partition coefficient (Wildman–Crippen LogP) is 3.54. The summed E-state index contributed by atoms with van der Waals surface area (Å²) in [4.78, 5) is 18.6. The largest absolute Gasteiger partial charge is 0.355 e. The third-order valence-corrected chi connectivity index (χ3v) is 4.98. The van der Waals surface area contributed by atoms with Crippen molar-refractivity contribution in [1.82, 2.24) is 10.3 Å². The number of nitriles is 1. The van der Waals surface area contributed by atoms with Gasteiger partial charge >= 0.3 is 0 Å². The number of piperidine rings is 1. The lowest BCUT2D eigenvalue weighted by atomic mass is 9.93. The molecule has 146 valence electrons. The molecule has 2 heterocycles. The van der Waals surface area contributed by atoms with Gasteiger partial charge in [-0.15, -0.1) is 0 Å². The van der Waals surface area contributed by atoms with Crippen molar-refractivity contribution in [2.45, 2.75) is 32.2 Å². The van der Waals surface area contributed by atoms with Crippen LogP contribution in [0.3, 0.4) is 0 Å². The molecule has 2 aromatic rings. The van der Waals surface area contributed by atoms with Gasteiger partial charge in [0.1, 0.15) is 11.9 Å². The van der Waals surface area contributed by atoms with Crippen LogP contribution in [-0.4, -0.2) is 24.0 Å². The summed E-state index contributed by atoms with van der Waals surface area (Å²) < 4.78 is 26.1. The average Bonchev–Trinajstić information content (AvgIpc) is 2.73. The second-order valence-electron chi connectivity index (χ2n) is 7.00. The van der Waals surface area contributed by atoms with Crippen molar-refractivity contribution >= 4 is 11.7 Å². The molecule has 0 bridgehead atoms. The van der Waals surface area contributed by atoms with Gasteiger partial charge < -0.3 is 10.2 Å². The second kappa shape index (κ2) is 9.27. The maximum atomic E-state index is 13.2. The smallest absolute Gasteiger partial charge is 0.220 e. The number of hydrogen-bond donors (Lipinski definition) is 1. The van der Waals surface area contributed by atoms with Gasteiger partial charge in [-0.2, -0.15) is 5.26 Å². The molecule has 1 aliphatic heterocycles. The Morgan fingerprint density at radius 1 is 1.32 bits per heavy atom. The summed E-state index contributed by atoms with van der Waals surface area (Å²) in [6.07, 6.45) is 4.81. The summed E-state index contributed by atoms with van der Waals surface area (Å²) in [5.41, 5.74) is 1.09. The van der Waals surface area contributed by atoms with Crippen molar-refractivity contribution in [3.8, 4) is 6.07 Å². The number of hydrogen-bond acceptors (Lipinski definition) is 4. The molecular formula is C21H22F2N4O. The third kappa shape index (κ3) is 5.03. The van der Waals surface area contributed by atoms with Crippen molar-refractivity contribution in [1.29, 1.82) is 5.26 Å². The lowest BCUT2D eigenvalue weighted by Crippen LogP contribution is -2.37. The molecule has 1 aromatic heterocycles. The van der Waals surface area contributed by atoms with Crippen LogP contribution in [0.2, 0.25) is 0 Å². The van der Waals surface area contributed by atoms with Crippen molar-refractivity contribution < 1.29 is 13.6 Å². The topological polar surface area (TPSA) is 69.0 Å². The van der Waals surface area contributed by atoms with Gasteiger partial charge in [0.2, 0.25) is 5.91 Å². The van der Waals surface area contributed by atoms with Crippen molar-refractivity contribution in [3.05, 3.63) is 59.3 Å². The van der Waals surface area contributed by atoms with Crippen molar-refractivity contribution in [2.75, 3.05) is 18.0 Å². The van der Waals surface area contributed by atoms with Crippen molar-refractivity contribution in [3.63, 3.8) is 0 Å². The van der Waals surface area contributed by atoms with Crippen molar-refractivity contribution in [2.24, 2.45) is 5.92 Å². The number of pyridine rings is 1. The Morgan fingerprint density at radius 3 is 2.96 bits per heavy atom. The van der Waals surface area contributed by atoms with Crippen LogP contribution in [0.15, 0.2) is 36.5 Å². The highest BCUT2D eigenvalue weighted by molar-refractivity contribution is 5.75. The molecule has 28 heavy (non-hydrogen) atoms. The molecule has 1 atom stereocenters. The minimum atomic E-state index is -0.916. The van der Waals surface area contributed by atoms with E-state index < -0.39 is 11.6 Å². The van der Waals surface area contributed by atoms with Crippen LogP contribution in [0.5, 0.6) is 0 Å². The van der Waals surface area contributed by atoms with E-state index in [1.165, 1.54) is 6.07 Å². The highest BCUT2D eigenvalue weighted by Gasteiger charge is 2.23. The number of amides is 1. The van der Waals surface area contributed by atoms with Crippen LogP contribution in [0.4, 0.5) is 14.6 Å². The molecule has 1 fully saturated rings. The number of aromatic nitrogens is 1. The Labute approximate surface area is 163 Å². The first kappa shape index (κ1) is 19.7. The lowest BCUT2D eigenvalue weighted by molar-refractivity contribution is -0.121. The monoisotopic (exact) mass is 384 g/mol. The fourth-order valence-electron chi connectivity index (χ4n) is 3.50. The fraction of sp³-hybridized carbons (Fsp3) is 0.381. The zero-order valence-corrected chi connectivity index (χ0v) is 15.5. The van der Waals surface area contributed by atoms with E-state index in [-0.39, 0.29) is 12.5 Å². The number of carbonyl (C=O) groups excluding carboxylic acids is 1. The van der Waals surface area contributed by atoms with E-state index in [1.807, 2.05) is 0 Å². The molecule has 3 rings (SSSR count). The number of anilines is 1. The van der Waals surface area contributed by atoms with E-state index >= 15 is 0 Å².